The quantitative estimate of drug-likeness (QED) is 0.549. The van der Waals surface area contributed by atoms with Crippen molar-refractivity contribution in [2.45, 2.75) is 12.5 Å². The summed E-state index contributed by atoms with van der Waals surface area (Å²) in [4.78, 5) is 22.3. The zero-order valence-electron chi connectivity index (χ0n) is 13.4. The van der Waals surface area contributed by atoms with E-state index < -0.39 is 16.4 Å². The first-order valence-corrected chi connectivity index (χ1v) is 7.61. The standard InChI is InChI=1S/C18H16N2O5/c1-18(22,16-10-13-4-2-3-5-15(13)25-16)11-19-17(21)12-6-8-14(9-7-12)20(23)24/h2-10,22H,11H2,1H3,(H,19,21). The molecule has 0 saturated heterocycles. The second kappa shape index (κ2) is 6.37. The van der Waals surface area contributed by atoms with Crippen LogP contribution in [-0.4, -0.2) is 22.5 Å². The van der Waals surface area contributed by atoms with Gasteiger partial charge in [-0.15, -0.1) is 0 Å². The summed E-state index contributed by atoms with van der Waals surface area (Å²) in [5.41, 5.74) is -0.563. The van der Waals surface area contributed by atoms with Crippen molar-refractivity contribution < 1.29 is 19.2 Å². The molecule has 1 heterocycles. The van der Waals surface area contributed by atoms with Gasteiger partial charge in [0.05, 0.1) is 11.5 Å². The molecular weight excluding hydrogens is 324 g/mol. The number of fused-ring (bicyclic) bond motifs is 1. The van der Waals surface area contributed by atoms with E-state index in [1.54, 1.807) is 19.1 Å². The number of nitrogens with zero attached hydrogens (tertiary/aromatic N) is 1. The average Bonchev–Trinajstić information content (AvgIpc) is 3.05. The van der Waals surface area contributed by atoms with E-state index in [1.807, 2.05) is 18.2 Å². The number of hydrogen-bond acceptors (Lipinski definition) is 5. The highest BCUT2D eigenvalue weighted by molar-refractivity contribution is 5.94. The van der Waals surface area contributed by atoms with E-state index >= 15 is 0 Å². The lowest BCUT2D eigenvalue weighted by molar-refractivity contribution is -0.384. The molecule has 2 aromatic carbocycles. The van der Waals surface area contributed by atoms with Crippen LogP contribution >= 0.6 is 0 Å². The molecular formula is C18H16N2O5. The van der Waals surface area contributed by atoms with Gasteiger partial charge in [-0.1, -0.05) is 18.2 Å². The minimum absolute atomic E-state index is 0.0668. The molecule has 0 aliphatic rings. The summed E-state index contributed by atoms with van der Waals surface area (Å²) in [6.45, 7) is 1.48. The predicted molar refractivity (Wildman–Crippen MR) is 91.2 cm³/mol. The van der Waals surface area contributed by atoms with Gasteiger partial charge in [0.1, 0.15) is 16.9 Å². The summed E-state index contributed by atoms with van der Waals surface area (Å²) in [5.74, 6) is -0.0935. The van der Waals surface area contributed by atoms with E-state index in [-0.39, 0.29) is 17.8 Å². The van der Waals surface area contributed by atoms with Crippen LogP contribution < -0.4 is 5.32 Å². The van der Waals surface area contributed by atoms with Gasteiger partial charge < -0.3 is 14.8 Å². The van der Waals surface area contributed by atoms with Crippen LogP contribution in [0, 0.1) is 10.1 Å². The normalized spacial score (nSPS) is 13.4. The van der Waals surface area contributed by atoms with Gasteiger partial charge >= 0.3 is 0 Å². The molecule has 0 radical (unpaired) electrons. The summed E-state index contributed by atoms with van der Waals surface area (Å²) in [5, 5.41) is 24.7. The highest BCUT2D eigenvalue weighted by Crippen LogP contribution is 2.27. The van der Waals surface area contributed by atoms with Crippen LogP contribution in [0.2, 0.25) is 0 Å². The van der Waals surface area contributed by atoms with Crippen LogP contribution in [0.1, 0.15) is 23.0 Å². The van der Waals surface area contributed by atoms with Crippen LogP contribution in [0.15, 0.2) is 59.0 Å². The fourth-order valence-electron chi connectivity index (χ4n) is 2.42. The lowest BCUT2D eigenvalue weighted by Gasteiger charge is -2.21. The molecule has 25 heavy (non-hydrogen) atoms. The van der Waals surface area contributed by atoms with Crippen LogP contribution in [0.25, 0.3) is 11.0 Å². The molecule has 3 rings (SSSR count). The lowest BCUT2D eigenvalue weighted by Crippen LogP contribution is -2.38. The molecule has 0 saturated carbocycles. The smallest absolute Gasteiger partial charge is 0.269 e. The van der Waals surface area contributed by atoms with E-state index in [1.165, 1.54) is 24.3 Å². The Morgan fingerprint density at radius 2 is 1.92 bits per heavy atom. The van der Waals surface area contributed by atoms with Gasteiger partial charge in [-0.3, -0.25) is 14.9 Å². The maximum atomic E-state index is 12.2. The van der Waals surface area contributed by atoms with Crippen LogP contribution in [-0.2, 0) is 5.60 Å². The molecule has 1 atom stereocenters. The first-order chi connectivity index (χ1) is 11.9. The van der Waals surface area contributed by atoms with E-state index in [2.05, 4.69) is 5.32 Å². The molecule has 7 heteroatoms. The van der Waals surface area contributed by atoms with Gasteiger partial charge in [-0.05, 0) is 31.2 Å². The zero-order valence-corrected chi connectivity index (χ0v) is 13.4. The summed E-state index contributed by atoms with van der Waals surface area (Å²) >= 11 is 0. The van der Waals surface area contributed by atoms with Gasteiger partial charge in [0.2, 0.25) is 0 Å². The average molecular weight is 340 g/mol. The molecule has 1 unspecified atom stereocenters. The van der Waals surface area contributed by atoms with Crippen molar-refractivity contribution in [2.24, 2.45) is 0 Å². The molecule has 3 aromatic rings. The molecule has 0 aliphatic carbocycles. The number of nitro groups is 1. The van der Waals surface area contributed by atoms with Gasteiger partial charge in [-0.25, -0.2) is 0 Å². The molecule has 2 N–H and O–H groups in total. The highest BCUT2D eigenvalue weighted by Gasteiger charge is 2.28. The number of aliphatic hydroxyl groups is 1. The number of carbonyl (C=O) groups is 1. The Labute approximate surface area is 143 Å². The minimum Gasteiger partial charge on any atom is -0.458 e. The van der Waals surface area contributed by atoms with Crippen LogP contribution in [0.5, 0.6) is 0 Å². The summed E-state index contributed by atoms with van der Waals surface area (Å²) in [6.07, 6.45) is 0. The number of hydrogen-bond donors (Lipinski definition) is 2. The molecule has 7 nitrogen and oxygen atoms in total. The van der Waals surface area contributed by atoms with Crippen LogP contribution in [0.4, 0.5) is 5.69 Å². The van der Waals surface area contributed by atoms with Gasteiger partial charge in [0, 0.05) is 23.1 Å². The van der Waals surface area contributed by atoms with Crippen molar-refractivity contribution in [3.8, 4) is 0 Å². The van der Waals surface area contributed by atoms with Gasteiger partial charge in [-0.2, -0.15) is 0 Å². The number of benzene rings is 2. The predicted octanol–water partition coefficient (Wildman–Crippen LogP) is 2.98. The maximum absolute atomic E-state index is 12.2. The van der Waals surface area contributed by atoms with Crippen molar-refractivity contribution in [1.29, 1.82) is 0 Å². The molecule has 1 aromatic heterocycles. The topological polar surface area (TPSA) is 106 Å². The second-order valence-corrected chi connectivity index (χ2v) is 5.91. The summed E-state index contributed by atoms with van der Waals surface area (Å²) < 4.78 is 5.64. The van der Waals surface area contributed by atoms with Crippen molar-refractivity contribution >= 4 is 22.6 Å². The van der Waals surface area contributed by atoms with E-state index in [0.717, 1.165) is 5.39 Å². The second-order valence-electron chi connectivity index (χ2n) is 5.91. The Morgan fingerprint density at radius 1 is 1.24 bits per heavy atom. The maximum Gasteiger partial charge on any atom is 0.269 e. The lowest BCUT2D eigenvalue weighted by atomic mass is 10.0. The monoisotopic (exact) mass is 340 g/mol. The fourth-order valence-corrected chi connectivity index (χ4v) is 2.42. The number of nitrogens with one attached hydrogen (secondary N) is 1. The SMILES string of the molecule is CC(O)(CNC(=O)c1ccc([N+](=O)[O-])cc1)c1cc2ccccc2o1. The first kappa shape index (κ1) is 16.7. The molecule has 0 spiro atoms. The molecule has 0 fully saturated rings. The Balaban J connectivity index is 1.70. The van der Waals surface area contributed by atoms with Crippen molar-refractivity contribution in [2.75, 3.05) is 6.54 Å². The Bertz CT molecular complexity index is 895. The third-order valence-corrected chi connectivity index (χ3v) is 3.89. The van der Waals surface area contributed by atoms with Crippen molar-refractivity contribution in [1.82, 2.24) is 5.32 Å². The highest BCUT2D eigenvalue weighted by atomic mass is 16.6. The van der Waals surface area contributed by atoms with E-state index in [9.17, 15) is 20.0 Å². The first-order valence-electron chi connectivity index (χ1n) is 7.61. The largest absolute Gasteiger partial charge is 0.458 e. The fraction of sp³-hybridized carbons (Fsp3) is 0.167. The number of nitro benzene ring substituents is 1. The zero-order chi connectivity index (χ0) is 18.0. The van der Waals surface area contributed by atoms with Crippen molar-refractivity contribution in [3.63, 3.8) is 0 Å². The third-order valence-electron chi connectivity index (χ3n) is 3.89. The number of carbonyl (C=O) groups excluding carboxylic acids is 1. The Morgan fingerprint density at radius 3 is 2.56 bits per heavy atom. The van der Waals surface area contributed by atoms with Crippen molar-refractivity contribution in [3.05, 3.63) is 76.0 Å². The van der Waals surface area contributed by atoms with E-state index in [4.69, 9.17) is 4.42 Å². The van der Waals surface area contributed by atoms with Gasteiger partial charge in [0.25, 0.3) is 11.6 Å². The number of furan rings is 1. The number of amides is 1. The third kappa shape index (κ3) is 3.51. The Kier molecular flexibility index (Phi) is 4.24. The number of non-ortho nitro benzene ring substituents is 1. The molecule has 1 amide bonds. The molecule has 128 valence electrons. The van der Waals surface area contributed by atoms with Gasteiger partial charge in [0.15, 0.2) is 0 Å². The Hall–Kier alpha value is -3.19. The summed E-state index contributed by atoms with van der Waals surface area (Å²) in [7, 11) is 0. The number of para-hydroxylation sites is 1. The molecule has 0 aliphatic heterocycles. The van der Waals surface area contributed by atoms with Crippen LogP contribution in [0.3, 0.4) is 0 Å². The number of rotatable bonds is 5. The molecule has 0 bridgehead atoms. The minimum atomic E-state index is -1.39. The summed E-state index contributed by atoms with van der Waals surface area (Å²) in [6, 6.07) is 14.3. The van der Waals surface area contributed by atoms with E-state index in [0.29, 0.717) is 11.3 Å².